The second kappa shape index (κ2) is 9.10. The van der Waals surface area contributed by atoms with E-state index in [-0.39, 0.29) is 36.7 Å². The molecule has 12 heteroatoms. The van der Waals surface area contributed by atoms with Crippen molar-refractivity contribution in [2.45, 2.75) is 39.2 Å². The van der Waals surface area contributed by atoms with Gasteiger partial charge in [-0.2, -0.15) is 18.3 Å². The topological polar surface area (TPSA) is 104 Å². The zero-order valence-corrected chi connectivity index (χ0v) is 19.2. The van der Waals surface area contributed by atoms with E-state index >= 15 is 0 Å². The van der Waals surface area contributed by atoms with Crippen molar-refractivity contribution in [3.05, 3.63) is 59.3 Å². The Balaban J connectivity index is 1.62. The van der Waals surface area contributed by atoms with Crippen molar-refractivity contribution in [2.75, 3.05) is 18.6 Å². The number of anilines is 1. The van der Waals surface area contributed by atoms with Crippen LogP contribution in [0.5, 0.6) is 0 Å². The molecule has 0 aromatic carbocycles. The third-order valence-corrected chi connectivity index (χ3v) is 5.86. The van der Waals surface area contributed by atoms with Gasteiger partial charge < -0.3 is 10.0 Å². The van der Waals surface area contributed by atoms with Gasteiger partial charge in [-0.1, -0.05) is 0 Å². The fraction of sp³-hybridized carbons (Fsp3) is 0.348. The number of carbonyl (C=O) groups excluding carboxylic acids is 2. The van der Waals surface area contributed by atoms with Crippen LogP contribution in [0, 0.1) is 6.92 Å². The van der Waals surface area contributed by atoms with Crippen molar-refractivity contribution in [3.8, 4) is 11.3 Å². The van der Waals surface area contributed by atoms with Crippen LogP contribution < -0.4 is 4.90 Å². The van der Waals surface area contributed by atoms with E-state index in [0.29, 0.717) is 33.6 Å². The molecule has 1 N–H and O–H groups in total. The molecular weight excluding hydrogens is 465 g/mol. The van der Waals surface area contributed by atoms with Crippen LogP contribution in [0.2, 0.25) is 0 Å². The van der Waals surface area contributed by atoms with Crippen LogP contribution in [0.1, 0.15) is 38.9 Å². The first-order valence-electron chi connectivity index (χ1n) is 10.7. The quantitative estimate of drug-likeness (QED) is 0.572. The predicted octanol–water partition coefficient (Wildman–Crippen LogP) is 2.82. The van der Waals surface area contributed by atoms with Crippen molar-refractivity contribution in [2.24, 2.45) is 0 Å². The summed E-state index contributed by atoms with van der Waals surface area (Å²) in [4.78, 5) is 37.3. The Labute approximate surface area is 198 Å². The van der Waals surface area contributed by atoms with Gasteiger partial charge in [-0.15, -0.1) is 0 Å². The van der Waals surface area contributed by atoms with Gasteiger partial charge in [0, 0.05) is 31.2 Å². The SMILES string of the molecule is Cc1cc(-c2cncc(C(=O)N(C)C(C)CO)c2)nc2c1C(=O)N(c1cnn(CC(F)(F)F)c1)C2. The van der Waals surface area contributed by atoms with Gasteiger partial charge in [0.25, 0.3) is 11.8 Å². The molecule has 3 aromatic heterocycles. The van der Waals surface area contributed by atoms with Crippen LogP contribution in [0.3, 0.4) is 0 Å². The van der Waals surface area contributed by atoms with Crippen LogP contribution in [0.25, 0.3) is 11.3 Å². The number of aliphatic hydroxyl groups excluding tert-OH is 1. The molecule has 1 unspecified atom stereocenters. The normalized spacial score (nSPS) is 14.3. The summed E-state index contributed by atoms with van der Waals surface area (Å²) in [7, 11) is 1.59. The summed E-state index contributed by atoms with van der Waals surface area (Å²) >= 11 is 0. The molecule has 0 saturated heterocycles. The molecule has 0 radical (unpaired) electrons. The van der Waals surface area contributed by atoms with E-state index in [0.717, 1.165) is 4.68 Å². The maximum Gasteiger partial charge on any atom is 0.408 e. The first-order chi connectivity index (χ1) is 16.5. The third kappa shape index (κ3) is 4.87. The number of aryl methyl sites for hydroxylation is 1. The minimum absolute atomic E-state index is 0.0728. The summed E-state index contributed by atoms with van der Waals surface area (Å²) in [6, 6.07) is 2.97. The molecule has 0 spiro atoms. The number of halogens is 3. The van der Waals surface area contributed by atoms with Crippen LogP contribution in [-0.4, -0.2) is 67.4 Å². The van der Waals surface area contributed by atoms with Crippen molar-refractivity contribution in [1.29, 1.82) is 0 Å². The van der Waals surface area contributed by atoms with Crippen LogP contribution in [0.4, 0.5) is 18.9 Å². The third-order valence-electron chi connectivity index (χ3n) is 5.86. The summed E-state index contributed by atoms with van der Waals surface area (Å²) in [5.41, 5.74) is 3.13. The van der Waals surface area contributed by atoms with Crippen LogP contribution in [0.15, 0.2) is 36.9 Å². The largest absolute Gasteiger partial charge is 0.408 e. The second-order valence-corrected chi connectivity index (χ2v) is 8.46. The Kier molecular flexibility index (Phi) is 6.32. The molecule has 0 fully saturated rings. The number of fused-ring (bicyclic) bond motifs is 1. The molecule has 1 atom stereocenters. The fourth-order valence-electron chi connectivity index (χ4n) is 3.84. The second-order valence-electron chi connectivity index (χ2n) is 8.46. The molecule has 184 valence electrons. The van der Waals surface area contributed by atoms with E-state index < -0.39 is 12.7 Å². The Bertz CT molecular complexity index is 1290. The van der Waals surface area contributed by atoms with Crippen LogP contribution >= 0.6 is 0 Å². The van der Waals surface area contributed by atoms with Gasteiger partial charge in [-0.25, -0.2) is 0 Å². The van der Waals surface area contributed by atoms with Gasteiger partial charge in [0.1, 0.15) is 6.54 Å². The lowest BCUT2D eigenvalue weighted by Gasteiger charge is -2.23. The number of aliphatic hydroxyl groups is 1. The van der Waals surface area contributed by atoms with E-state index in [9.17, 15) is 27.9 Å². The first kappa shape index (κ1) is 24.3. The Morgan fingerprint density at radius 2 is 2.00 bits per heavy atom. The highest BCUT2D eigenvalue weighted by molar-refractivity contribution is 6.10. The average Bonchev–Trinajstić information content (AvgIpc) is 3.40. The molecule has 1 aliphatic rings. The lowest BCUT2D eigenvalue weighted by molar-refractivity contribution is -0.142. The van der Waals surface area contributed by atoms with Crippen LogP contribution in [-0.2, 0) is 13.1 Å². The number of pyridine rings is 2. The Hall–Kier alpha value is -3.80. The number of nitrogens with zero attached hydrogens (tertiary/aromatic N) is 6. The maximum absolute atomic E-state index is 13.0. The highest BCUT2D eigenvalue weighted by Crippen LogP contribution is 2.32. The van der Waals surface area contributed by atoms with E-state index in [1.54, 1.807) is 39.2 Å². The van der Waals surface area contributed by atoms with Crippen molar-refractivity contribution in [3.63, 3.8) is 0 Å². The zero-order valence-electron chi connectivity index (χ0n) is 19.2. The predicted molar refractivity (Wildman–Crippen MR) is 120 cm³/mol. The molecule has 4 heterocycles. The van der Waals surface area contributed by atoms with Gasteiger partial charge in [0.05, 0.1) is 53.6 Å². The van der Waals surface area contributed by atoms with E-state index in [1.165, 1.54) is 28.4 Å². The number of rotatable bonds is 6. The molecule has 35 heavy (non-hydrogen) atoms. The van der Waals surface area contributed by atoms with Crippen molar-refractivity contribution in [1.82, 2.24) is 24.6 Å². The summed E-state index contributed by atoms with van der Waals surface area (Å²) in [6.07, 6.45) is 0.945. The molecule has 1 aliphatic heterocycles. The Morgan fingerprint density at radius 3 is 2.69 bits per heavy atom. The lowest BCUT2D eigenvalue weighted by atomic mass is 10.0. The number of aromatic nitrogens is 4. The number of likely N-dealkylation sites (N-methyl/N-ethyl adjacent to an activating group) is 1. The summed E-state index contributed by atoms with van der Waals surface area (Å²) in [5.74, 6) is -0.680. The van der Waals surface area contributed by atoms with E-state index in [1.807, 2.05) is 0 Å². The smallest absolute Gasteiger partial charge is 0.394 e. The standard InChI is InChI=1S/C23H23F3N6O3/c1-13-4-18(15-5-16(7-27-6-15)21(34)30(3)14(2)11-33)29-19-10-32(22(35)20(13)19)17-8-28-31(9-17)12-23(24,25)26/h4-9,14,33H,10-12H2,1-3H3. The molecular formula is C23H23F3N6O3. The number of hydrogen-bond donors (Lipinski definition) is 1. The monoisotopic (exact) mass is 488 g/mol. The lowest BCUT2D eigenvalue weighted by Crippen LogP contribution is -2.37. The van der Waals surface area contributed by atoms with Gasteiger partial charge in [-0.3, -0.25) is 29.1 Å². The molecule has 9 nitrogen and oxygen atoms in total. The fourth-order valence-corrected chi connectivity index (χ4v) is 3.84. The number of amides is 2. The summed E-state index contributed by atoms with van der Waals surface area (Å²) < 4.78 is 38.7. The van der Waals surface area contributed by atoms with E-state index in [4.69, 9.17) is 0 Å². The van der Waals surface area contributed by atoms with E-state index in [2.05, 4.69) is 15.1 Å². The van der Waals surface area contributed by atoms with Gasteiger partial charge >= 0.3 is 6.18 Å². The van der Waals surface area contributed by atoms with Gasteiger partial charge in [0.15, 0.2) is 0 Å². The highest BCUT2D eigenvalue weighted by atomic mass is 19.4. The minimum atomic E-state index is -4.43. The summed E-state index contributed by atoms with van der Waals surface area (Å²) in [5, 5.41) is 13.0. The number of hydrogen-bond acceptors (Lipinski definition) is 6. The molecule has 0 saturated carbocycles. The molecule has 0 bridgehead atoms. The molecule has 2 amide bonds. The highest BCUT2D eigenvalue weighted by Gasteiger charge is 2.34. The number of alkyl halides is 3. The molecule has 0 aliphatic carbocycles. The van der Waals surface area contributed by atoms with Crippen molar-refractivity contribution < 1.29 is 27.9 Å². The van der Waals surface area contributed by atoms with Gasteiger partial charge in [0.2, 0.25) is 0 Å². The zero-order chi connectivity index (χ0) is 25.5. The Morgan fingerprint density at radius 1 is 1.26 bits per heavy atom. The average molecular weight is 488 g/mol. The molecule has 3 aromatic rings. The van der Waals surface area contributed by atoms with Crippen molar-refractivity contribution >= 4 is 17.5 Å². The first-order valence-corrected chi connectivity index (χ1v) is 10.7. The molecule has 4 rings (SSSR count). The number of carbonyl (C=O) groups is 2. The maximum atomic E-state index is 13.0. The summed E-state index contributed by atoms with van der Waals surface area (Å²) in [6.45, 7) is 2.11. The van der Waals surface area contributed by atoms with Gasteiger partial charge in [-0.05, 0) is 31.5 Å². The minimum Gasteiger partial charge on any atom is -0.394 e.